The Morgan fingerprint density at radius 1 is 1.08 bits per heavy atom. The lowest BCUT2D eigenvalue weighted by Crippen LogP contribution is -2.39. The second-order valence-electron chi connectivity index (χ2n) is 7.99. The van der Waals surface area contributed by atoms with Gasteiger partial charge in [0.25, 0.3) is 11.8 Å². The monoisotopic (exact) mass is 526 g/mol. The van der Waals surface area contributed by atoms with E-state index in [0.29, 0.717) is 16.8 Å². The Hall–Kier alpha value is -3.73. The summed E-state index contributed by atoms with van der Waals surface area (Å²) in [4.78, 5) is 30.9. The molecule has 0 bridgehead atoms. The SMILES string of the molecule is C.C.COC(CNC(=O)/C(=C\c1ccc(N=[N+]=[N-])cc1)NC(=O)c1ccc(CN2CCOCC2)cc1)OC. The van der Waals surface area contributed by atoms with Gasteiger partial charge in [-0.3, -0.25) is 14.5 Å². The summed E-state index contributed by atoms with van der Waals surface area (Å²) in [6.07, 6.45) is 0.905. The number of carbonyl (C=O) groups is 2. The van der Waals surface area contributed by atoms with Gasteiger partial charge in [-0.2, -0.15) is 0 Å². The van der Waals surface area contributed by atoms with Crippen LogP contribution in [-0.2, 0) is 25.5 Å². The van der Waals surface area contributed by atoms with E-state index >= 15 is 0 Å². The van der Waals surface area contributed by atoms with Crippen molar-refractivity contribution in [2.24, 2.45) is 5.11 Å². The second-order valence-corrected chi connectivity index (χ2v) is 7.99. The van der Waals surface area contributed by atoms with Crippen molar-refractivity contribution in [3.8, 4) is 0 Å². The molecule has 1 fully saturated rings. The maximum Gasteiger partial charge on any atom is 0.267 e. The number of morpholine rings is 1. The predicted octanol–water partition coefficient (Wildman–Crippen LogP) is 4.24. The highest BCUT2D eigenvalue weighted by atomic mass is 16.7. The Balaban J connectivity index is 0.00000361. The molecule has 1 saturated heterocycles. The van der Waals surface area contributed by atoms with Gasteiger partial charge in [-0.25, -0.2) is 0 Å². The van der Waals surface area contributed by atoms with Gasteiger partial charge in [0.15, 0.2) is 6.29 Å². The second kappa shape index (κ2) is 16.9. The first kappa shape index (κ1) is 32.3. The van der Waals surface area contributed by atoms with Crippen molar-refractivity contribution in [1.82, 2.24) is 15.5 Å². The van der Waals surface area contributed by atoms with E-state index in [0.717, 1.165) is 38.4 Å². The number of amides is 2. The fourth-order valence-electron chi connectivity index (χ4n) is 3.52. The number of methoxy groups -OCH3 is 2. The van der Waals surface area contributed by atoms with Crippen molar-refractivity contribution >= 4 is 23.6 Å². The van der Waals surface area contributed by atoms with Crippen molar-refractivity contribution < 1.29 is 23.8 Å². The van der Waals surface area contributed by atoms with Crippen molar-refractivity contribution in [3.63, 3.8) is 0 Å². The third-order valence-corrected chi connectivity index (χ3v) is 5.54. The zero-order valence-electron chi connectivity index (χ0n) is 20.3. The van der Waals surface area contributed by atoms with Crippen LogP contribution in [0, 0.1) is 0 Å². The van der Waals surface area contributed by atoms with Gasteiger partial charge in [-0.15, -0.1) is 0 Å². The molecule has 0 atom stereocenters. The molecule has 0 aliphatic carbocycles. The number of rotatable bonds is 11. The molecular weight excluding hydrogens is 488 g/mol. The van der Waals surface area contributed by atoms with Crippen LogP contribution in [0.1, 0.15) is 36.3 Å². The molecule has 2 N–H and O–H groups in total. The van der Waals surface area contributed by atoms with Crippen LogP contribution in [0.2, 0.25) is 0 Å². The van der Waals surface area contributed by atoms with Crippen LogP contribution in [-0.4, -0.2) is 70.1 Å². The third-order valence-electron chi connectivity index (χ3n) is 5.54. The fourth-order valence-corrected chi connectivity index (χ4v) is 3.52. The summed E-state index contributed by atoms with van der Waals surface area (Å²) in [6, 6.07) is 13.9. The number of benzene rings is 2. The minimum Gasteiger partial charge on any atom is -0.379 e. The Labute approximate surface area is 224 Å². The van der Waals surface area contributed by atoms with Crippen LogP contribution in [0.25, 0.3) is 16.5 Å². The molecular formula is C27H38N6O5. The van der Waals surface area contributed by atoms with Gasteiger partial charge in [-0.05, 0) is 34.9 Å². The van der Waals surface area contributed by atoms with E-state index in [9.17, 15) is 9.59 Å². The van der Waals surface area contributed by atoms with Gasteiger partial charge in [0.05, 0.1) is 19.8 Å². The molecule has 2 amide bonds. The molecule has 2 aromatic rings. The molecule has 3 rings (SSSR count). The molecule has 11 nitrogen and oxygen atoms in total. The molecule has 0 saturated carbocycles. The van der Waals surface area contributed by atoms with Crippen LogP contribution in [0.15, 0.2) is 59.3 Å². The molecule has 0 aromatic heterocycles. The number of hydrogen-bond acceptors (Lipinski definition) is 7. The molecule has 1 aliphatic heterocycles. The lowest BCUT2D eigenvalue weighted by atomic mass is 10.1. The number of nitrogens with zero attached hydrogens (tertiary/aromatic N) is 4. The highest BCUT2D eigenvalue weighted by Gasteiger charge is 2.17. The molecule has 11 heteroatoms. The van der Waals surface area contributed by atoms with Gasteiger partial charge in [-0.1, -0.05) is 56.4 Å². The summed E-state index contributed by atoms with van der Waals surface area (Å²) >= 11 is 0. The van der Waals surface area contributed by atoms with E-state index in [1.165, 1.54) is 20.3 Å². The van der Waals surface area contributed by atoms with Crippen molar-refractivity contribution in [2.45, 2.75) is 27.7 Å². The number of nitrogens with one attached hydrogen (secondary N) is 2. The first-order valence-electron chi connectivity index (χ1n) is 11.4. The Kier molecular flexibility index (Phi) is 14.4. The summed E-state index contributed by atoms with van der Waals surface area (Å²) in [6.45, 7) is 4.07. The maximum atomic E-state index is 13.0. The Morgan fingerprint density at radius 2 is 1.71 bits per heavy atom. The highest BCUT2D eigenvalue weighted by molar-refractivity contribution is 6.05. The quantitative estimate of drug-likeness (QED) is 0.148. The minimum absolute atomic E-state index is 0. The van der Waals surface area contributed by atoms with E-state index in [1.54, 1.807) is 36.4 Å². The molecule has 38 heavy (non-hydrogen) atoms. The topological polar surface area (TPSA) is 138 Å². The van der Waals surface area contributed by atoms with Crippen LogP contribution < -0.4 is 10.6 Å². The summed E-state index contributed by atoms with van der Waals surface area (Å²) < 4.78 is 15.6. The third kappa shape index (κ3) is 9.97. The Bertz CT molecular complexity index is 1090. The van der Waals surface area contributed by atoms with Crippen molar-refractivity contribution in [2.75, 3.05) is 47.1 Å². The maximum absolute atomic E-state index is 13.0. The molecule has 0 unspecified atom stereocenters. The zero-order valence-corrected chi connectivity index (χ0v) is 20.3. The van der Waals surface area contributed by atoms with Crippen molar-refractivity contribution in [1.29, 1.82) is 0 Å². The average Bonchev–Trinajstić information content (AvgIpc) is 2.91. The first-order chi connectivity index (χ1) is 17.5. The standard InChI is InChI=1S/C25H30N6O5.2CH4/c1-34-23(35-2)16-27-25(33)22(15-18-5-9-21(10-6-18)29-30-26)28-24(32)20-7-3-19(4-8-20)17-31-11-13-36-14-12-31;;/h3-10,15,23H,11-14,16-17H2,1-2H3,(H,27,33)(H,28,32);2*1H4/b22-15+;;. The first-order valence-corrected chi connectivity index (χ1v) is 11.4. The highest BCUT2D eigenvalue weighted by Crippen LogP contribution is 2.16. The minimum atomic E-state index is -0.631. The molecule has 0 radical (unpaired) electrons. The molecule has 2 aromatic carbocycles. The fraction of sp³-hybridized carbons (Fsp3) is 0.407. The molecule has 1 heterocycles. The lowest BCUT2D eigenvalue weighted by Gasteiger charge is -2.26. The van der Waals surface area contributed by atoms with Crippen LogP contribution >= 0.6 is 0 Å². The van der Waals surface area contributed by atoms with E-state index in [1.807, 2.05) is 12.1 Å². The lowest BCUT2D eigenvalue weighted by molar-refractivity contribution is -0.124. The van der Waals surface area contributed by atoms with Crippen LogP contribution in [0.4, 0.5) is 5.69 Å². The number of ether oxygens (including phenoxy) is 3. The number of carbonyl (C=O) groups excluding carboxylic acids is 2. The van der Waals surface area contributed by atoms with E-state index in [2.05, 4.69) is 25.6 Å². The number of azide groups is 1. The zero-order chi connectivity index (χ0) is 25.8. The average molecular weight is 527 g/mol. The number of hydrogen-bond donors (Lipinski definition) is 2. The van der Waals surface area contributed by atoms with Gasteiger partial charge in [0.2, 0.25) is 0 Å². The largest absolute Gasteiger partial charge is 0.379 e. The summed E-state index contributed by atoms with van der Waals surface area (Å²) in [5, 5.41) is 8.93. The van der Waals surface area contributed by atoms with Gasteiger partial charge in [0, 0.05) is 50.0 Å². The summed E-state index contributed by atoms with van der Waals surface area (Å²) in [5.41, 5.74) is 11.2. The van der Waals surface area contributed by atoms with Gasteiger partial charge >= 0.3 is 0 Å². The van der Waals surface area contributed by atoms with E-state index < -0.39 is 18.1 Å². The van der Waals surface area contributed by atoms with Gasteiger partial charge < -0.3 is 24.8 Å². The van der Waals surface area contributed by atoms with Crippen LogP contribution in [0.3, 0.4) is 0 Å². The normalized spacial score (nSPS) is 13.5. The molecule has 1 aliphatic rings. The van der Waals surface area contributed by atoms with Gasteiger partial charge in [0.1, 0.15) is 5.70 Å². The van der Waals surface area contributed by atoms with E-state index in [4.69, 9.17) is 19.7 Å². The van der Waals surface area contributed by atoms with Crippen LogP contribution in [0.5, 0.6) is 0 Å². The molecule has 206 valence electrons. The Morgan fingerprint density at radius 3 is 2.29 bits per heavy atom. The van der Waals surface area contributed by atoms with Crippen molar-refractivity contribution in [3.05, 3.63) is 81.4 Å². The molecule has 0 spiro atoms. The summed E-state index contributed by atoms with van der Waals surface area (Å²) in [5.74, 6) is -0.930. The smallest absolute Gasteiger partial charge is 0.267 e. The predicted molar refractivity (Wildman–Crippen MR) is 148 cm³/mol. The van der Waals surface area contributed by atoms with E-state index in [-0.39, 0.29) is 27.1 Å². The summed E-state index contributed by atoms with van der Waals surface area (Å²) in [7, 11) is 2.93.